The van der Waals surface area contributed by atoms with Gasteiger partial charge in [0.2, 0.25) is 0 Å². The number of alkyl halides is 3. The molecule has 0 saturated carbocycles. The van der Waals surface area contributed by atoms with Crippen LogP contribution in [0.25, 0.3) is 0 Å². The number of benzene rings is 1. The van der Waals surface area contributed by atoms with Gasteiger partial charge in [0.05, 0.1) is 13.2 Å². The molecule has 1 aromatic rings. The van der Waals surface area contributed by atoms with Crippen LogP contribution in [0.5, 0.6) is 0 Å². The van der Waals surface area contributed by atoms with Gasteiger partial charge in [-0.25, -0.2) is 4.79 Å². The number of anilines is 1. The van der Waals surface area contributed by atoms with Gasteiger partial charge in [0, 0.05) is 55.5 Å². The summed E-state index contributed by atoms with van der Waals surface area (Å²) >= 11 is 6.48. The molecule has 1 unspecified atom stereocenters. The number of morpholine rings is 1. The molecule has 1 spiro atoms. The summed E-state index contributed by atoms with van der Waals surface area (Å²) in [5, 5.41) is 0.718. The van der Waals surface area contributed by atoms with E-state index in [1.54, 1.807) is 0 Å². The second-order valence-electron chi connectivity index (χ2n) is 10.8. The summed E-state index contributed by atoms with van der Waals surface area (Å²) in [6.07, 6.45) is -5.07. The Kier molecular flexibility index (Phi) is 7.51. The molecule has 196 valence electrons. The fourth-order valence-corrected chi connectivity index (χ4v) is 5.97. The Bertz CT molecular complexity index is 913. The number of likely N-dealkylation sites (tertiary alicyclic amines) is 2. The Morgan fingerprint density at radius 1 is 1.14 bits per heavy atom. The first-order chi connectivity index (χ1) is 16.4. The number of piperidine rings is 1. The predicted molar refractivity (Wildman–Crippen MR) is 129 cm³/mol. The molecule has 3 saturated heterocycles. The third kappa shape index (κ3) is 6.17. The minimum Gasteiger partial charge on any atom is -0.437 e. The molecule has 10 heteroatoms. The molecule has 0 radical (unpaired) electrons. The highest BCUT2D eigenvalue weighted by molar-refractivity contribution is 6.30. The summed E-state index contributed by atoms with van der Waals surface area (Å²) in [6, 6.07) is 6.23. The molecule has 3 aliphatic rings. The fraction of sp³-hybridized carbons (Fsp3) is 0.720. The van der Waals surface area contributed by atoms with E-state index in [4.69, 9.17) is 16.3 Å². The third-order valence-electron chi connectivity index (χ3n) is 7.70. The molecule has 6 nitrogen and oxygen atoms in total. The SMILES string of the molecule is CC(OC(=O)N1CCC2(CC1)CN(Cc1cc(Cl)cc(N3CCOCC3)c1)C(C)(C)C2)C(F)(F)F. The third-order valence-corrected chi connectivity index (χ3v) is 7.92. The molecule has 35 heavy (non-hydrogen) atoms. The average molecular weight is 518 g/mol. The van der Waals surface area contributed by atoms with Crippen molar-refractivity contribution in [2.24, 2.45) is 5.41 Å². The number of carbonyl (C=O) groups excluding carboxylic acids is 1. The summed E-state index contributed by atoms with van der Waals surface area (Å²) in [4.78, 5) is 18.4. The Labute approximate surface area is 210 Å². The smallest absolute Gasteiger partial charge is 0.425 e. The Morgan fingerprint density at radius 3 is 2.43 bits per heavy atom. The maximum atomic E-state index is 12.8. The van der Waals surface area contributed by atoms with E-state index in [0.717, 1.165) is 68.6 Å². The van der Waals surface area contributed by atoms with Crippen molar-refractivity contribution in [1.82, 2.24) is 9.80 Å². The number of ether oxygens (including phenoxy) is 2. The van der Waals surface area contributed by atoms with Crippen molar-refractivity contribution < 1.29 is 27.4 Å². The van der Waals surface area contributed by atoms with Gasteiger partial charge in [0.1, 0.15) is 0 Å². The van der Waals surface area contributed by atoms with Crippen molar-refractivity contribution in [3.05, 3.63) is 28.8 Å². The van der Waals surface area contributed by atoms with Gasteiger partial charge in [-0.1, -0.05) is 11.6 Å². The zero-order valence-corrected chi connectivity index (χ0v) is 21.4. The summed E-state index contributed by atoms with van der Waals surface area (Å²) in [5.41, 5.74) is 2.25. The highest BCUT2D eigenvalue weighted by Crippen LogP contribution is 2.48. The average Bonchev–Trinajstić information content (AvgIpc) is 3.02. The molecule has 3 heterocycles. The highest BCUT2D eigenvalue weighted by atomic mass is 35.5. The molecule has 0 aliphatic carbocycles. The van der Waals surface area contributed by atoms with Crippen LogP contribution in [0.3, 0.4) is 0 Å². The van der Waals surface area contributed by atoms with Gasteiger partial charge in [-0.3, -0.25) is 4.90 Å². The lowest BCUT2D eigenvalue weighted by Crippen LogP contribution is -2.46. The van der Waals surface area contributed by atoms with E-state index in [2.05, 4.69) is 34.5 Å². The highest BCUT2D eigenvalue weighted by Gasteiger charge is 2.50. The molecule has 1 amide bonds. The van der Waals surface area contributed by atoms with Crippen molar-refractivity contribution >= 4 is 23.4 Å². The molecule has 0 N–H and O–H groups in total. The van der Waals surface area contributed by atoms with Crippen molar-refractivity contribution in [1.29, 1.82) is 0 Å². The molecular formula is C25H35ClF3N3O3. The van der Waals surface area contributed by atoms with Crippen LogP contribution >= 0.6 is 11.6 Å². The van der Waals surface area contributed by atoms with Crippen LogP contribution in [0.1, 0.15) is 45.6 Å². The van der Waals surface area contributed by atoms with Gasteiger partial charge in [0.25, 0.3) is 0 Å². The second-order valence-corrected chi connectivity index (χ2v) is 11.3. The molecule has 3 fully saturated rings. The molecular weight excluding hydrogens is 483 g/mol. The fourth-order valence-electron chi connectivity index (χ4n) is 5.71. The lowest BCUT2D eigenvalue weighted by Gasteiger charge is -2.39. The monoisotopic (exact) mass is 517 g/mol. The lowest BCUT2D eigenvalue weighted by atomic mass is 9.74. The van der Waals surface area contributed by atoms with Gasteiger partial charge in [-0.15, -0.1) is 0 Å². The van der Waals surface area contributed by atoms with E-state index in [1.165, 1.54) is 4.90 Å². The number of halogens is 4. The zero-order valence-electron chi connectivity index (χ0n) is 20.7. The molecule has 0 bridgehead atoms. The van der Waals surface area contributed by atoms with Crippen LogP contribution in [-0.4, -0.2) is 79.6 Å². The second kappa shape index (κ2) is 9.98. The van der Waals surface area contributed by atoms with E-state index in [9.17, 15) is 18.0 Å². The summed E-state index contributed by atoms with van der Waals surface area (Å²) in [6.45, 7) is 10.9. The van der Waals surface area contributed by atoms with Crippen LogP contribution in [0, 0.1) is 5.41 Å². The number of rotatable bonds is 4. The van der Waals surface area contributed by atoms with Gasteiger partial charge >= 0.3 is 12.3 Å². The van der Waals surface area contributed by atoms with Crippen molar-refractivity contribution in [3.63, 3.8) is 0 Å². The largest absolute Gasteiger partial charge is 0.437 e. The molecule has 0 aromatic heterocycles. The van der Waals surface area contributed by atoms with Gasteiger partial charge in [-0.05, 0) is 69.2 Å². The Hall–Kier alpha value is -1.71. The molecule has 1 atom stereocenters. The minimum atomic E-state index is -4.55. The lowest BCUT2D eigenvalue weighted by molar-refractivity contribution is -0.200. The number of hydrogen-bond donors (Lipinski definition) is 0. The summed E-state index contributed by atoms with van der Waals surface area (Å²) < 4.78 is 48.4. The van der Waals surface area contributed by atoms with Gasteiger partial charge in [-0.2, -0.15) is 13.2 Å². The number of amides is 1. The van der Waals surface area contributed by atoms with E-state index in [0.29, 0.717) is 26.3 Å². The van der Waals surface area contributed by atoms with Crippen LogP contribution in [0.15, 0.2) is 18.2 Å². The predicted octanol–water partition coefficient (Wildman–Crippen LogP) is 5.33. The summed E-state index contributed by atoms with van der Waals surface area (Å²) in [7, 11) is 0. The van der Waals surface area contributed by atoms with E-state index >= 15 is 0 Å². The summed E-state index contributed by atoms with van der Waals surface area (Å²) in [5.74, 6) is 0. The quantitative estimate of drug-likeness (QED) is 0.540. The maximum absolute atomic E-state index is 12.8. The van der Waals surface area contributed by atoms with Gasteiger partial charge in [0.15, 0.2) is 6.10 Å². The zero-order chi connectivity index (χ0) is 25.4. The van der Waals surface area contributed by atoms with Crippen LogP contribution in [0.4, 0.5) is 23.7 Å². The first kappa shape index (κ1) is 26.4. The standard InChI is InChI=1S/C25H35ClF3N3O3/c1-18(25(27,28)29)35-22(33)31-6-4-24(5-7-31)16-23(2,3)32(17-24)15-19-12-20(26)14-21(13-19)30-8-10-34-11-9-30/h12-14,18H,4-11,15-17H2,1-3H3. The van der Waals surface area contributed by atoms with Crippen LogP contribution < -0.4 is 4.90 Å². The molecule has 3 aliphatic heterocycles. The number of nitrogens with zero attached hydrogens (tertiary/aromatic N) is 3. The molecule has 1 aromatic carbocycles. The van der Waals surface area contributed by atoms with Gasteiger partial charge < -0.3 is 19.3 Å². The van der Waals surface area contributed by atoms with E-state index in [1.807, 2.05) is 12.1 Å². The minimum absolute atomic E-state index is 0.0293. The first-order valence-corrected chi connectivity index (χ1v) is 12.6. The van der Waals surface area contributed by atoms with Crippen molar-refractivity contribution in [3.8, 4) is 0 Å². The first-order valence-electron chi connectivity index (χ1n) is 12.3. The Balaban J connectivity index is 1.39. The number of carbonyl (C=O) groups is 1. The number of hydrogen-bond acceptors (Lipinski definition) is 5. The van der Waals surface area contributed by atoms with Crippen LogP contribution in [0.2, 0.25) is 5.02 Å². The van der Waals surface area contributed by atoms with Crippen LogP contribution in [-0.2, 0) is 16.0 Å². The van der Waals surface area contributed by atoms with E-state index in [-0.39, 0.29) is 11.0 Å². The van der Waals surface area contributed by atoms with Crippen molar-refractivity contribution in [2.45, 2.75) is 64.4 Å². The Morgan fingerprint density at radius 2 is 1.80 bits per heavy atom. The molecule has 4 rings (SSSR count). The van der Waals surface area contributed by atoms with Crippen molar-refractivity contribution in [2.75, 3.05) is 50.8 Å². The van der Waals surface area contributed by atoms with E-state index < -0.39 is 18.4 Å². The normalized spacial score (nSPS) is 23.5. The maximum Gasteiger partial charge on any atom is 0.425 e. The topological polar surface area (TPSA) is 45.2 Å².